The molecule has 55 heavy (non-hydrogen) atoms. The molecule has 3 aromatic rings. The molecule has 2 heterocycles. The fourth-order valence-electron chi connectivity index (χ4n) is 5.91. The van der Waals surface area contributed by atoms with Gasteiger partial charge in [-0.2, -0.15) is 0 Å². The van der Waals surface area contributed by atoms with E-state index < -0.39 is 52.6 Å². The zero-order chi connectivity index (χ0) is 40.2. The number of aromatic carboxylic acids is 1. The Bertz CT molecular complexity index is 1960. The van der Waals surface area contributed by atoms with Gasteiger partial charge in [-0.05, 0) is 56.1 Å². The highest BCUT2D eigenvalue weighted by Crippen LogP contribution is 2.26. The van der Waals surface area contributed by atoms with Gasteiger partial charge in [-0.25, -0.2) is 14.0 Å². The number of anilines is 2. The number of carboxylic acids is 1. The number of carbonyl (C=O) groups excluding carboxylic acids is 5. The van der Waals surface area contributed by atoms with E-state index >= 15 is 4.39 Å². The van der Waals surface area contributed by atoms with Gasteiger partial charge in [0.05, 0.1) is 17.7 Å². The number of hydrogen-bond acceptors (Lipinski definition) is 10. The molecule has 17 nitrogen and oxygen atoms in total. The molecule has 1 aliphatic rings. The Morgan fingerprint density at radius 1 is 1.00 bits per heavy atom. The molecule has 1 saturated heterocycles. The van der Waals surface area contributed by atoms with Crippen LogP contribution in [-0.4, -0.2) is 115 Å². The average molecular weight is 767 g/mol. The number of halogens is 1. The summed E-state index contributed by atoms with van der Waals surface area (Å²) in [6.45, 7) is 2.93. The van der Waals surface area contributed by atoms with Crippen LogP contribution in [0, 0.1) is 5.82 Å². The summed E-state index contributed by atoms with van der Waals surface area (Å²) in [6, 6.07) is 8.18. The number of piperazine rings is 1. The Hall–Kier alpha value is -6.04. The van der Waals surface area contributed by atoms with Crippen LogP contribution in [-0.2, 0) is 37.1 Å². The second-order valence-corrected chi connectivity index (χ2v) is 13.1. The number of nitrogens with one attached hydrogen (secondary N) is 3. The van der Waals surface area contributed by atoms with Crippen LogP contribution in [0.2, 0.25) is 0 Å². The smallest absolute Gasteiger partial charge is 0.410 e. The molecule has 296 valence electrons. The zero-order valence-electron chi connectivity index (χ0n) is 31.1. The van der Waals surface area contributed by atoms with Gasteiger partial charge in [0.15, 0.2) is 0 Å². The Balaban J connectivity index is 1.23. The quantitative estimate of drug-likeness (QED) is 0.140. The highest BCUT2D eigenvalue weighted by molar-refractivity contribution is 5.98. The first-order chi connectivity index (χ1) is 26.2. The molecule has 4 rings (SSSR count). The fourth-order valence-corrected chi connectivity index (χ4v) is 5.91. The molecule has 0 radical (unpaired) electrons. The maximum atomic E-state index is 15.2. The molecule has 1 atom stereocenters. The van der Waals surface area contributed by atoms with Crippen molar-refractivity contribution in [3.05, 3.63) is 69.8 Å². The van der Waals surface area contributed by atoms with Gasteiger partial charge in [0.2, 0.25) is 29.1 Å². The summed E-state index contributed by atoms with van der Waals surface area (Å²) < 4.78 is 22.3. The fraction of sp³-hybridized carbons (Fsp3) is 0.432. The van der Waals surface area contributed by atoms with Gasteiger partial charge in [-0.3, -0.25) is 24.0 Å². The number of carboxylic acid groups (broad SMARTS) is 1. The number of rotatable bonds is 16. The van der Waals surface area contributed by atoms with E-state index in [1.165, 1.54) is 22.1 Å². The number of amides is 5. The molecule has 2 aromatic carbocycles. The molecular formula is C37H47FN8O9. The lowest BCUT2D eigenvalue weighted by atomic mass is 10.1. The number of carbonyl (C=O) groups is 6. The lowest BCUT2D eigenvalue weighted by Gasteiger charge is -2.35. The highest BCUT2D eigenvalue weighted by atomic mass is 19.1. The largest absolute Gasteiger partial charge is 0.477 e. The number of fused-ring (bicyclic) bond motifs is 1. The Morgan fingerprint density at radius 2 is 1.69 bits per heavy atom. The summed E-state index contributed by atoms with van der Waals surface area (Å²) in [4.78, 5) is 90.9. The van der Waals surface area contributed by atoms with Gasteiger partial charge in [-0.1, -0.05) is 12.1 Å². The van der Waals surface area contributed by atoms with E-state index in [-0.39, 0.29) is 82.1 Å². The van der Waals surface area contributed by atoms with Crippen LogP contribution in [0.25, 0.3) is 10.9 Å². The molecular weight excluding hydrogens is 719 g/mol. The standard InChI is InChI=1S/C37H47FN8O9/c1-4-44-21-26(36(52)53)34(50)25-18-27(38)30(19-29(25)44)45-14-16-46(17-15-45)37(54)55-22-23-8-10-24(11-9-23)41-35(51)28(12-13-39)42-32(48)20-40-31(47)6-5-7-33(49)43(2)3/h8-11,18-19,21,28H,4-7,12-17,20,22,39H2,1-3H3,(H,40,47)(H,41,51)(H,42,48)(H,52,53)/t28-/m0/s1. The van der Waals surface area contributed by atoms with Gasteiger partial charge >= 0.3 is 12.1 Å². The van der Waals surface area contributed by atoms with E-state index in [2.05, 4.69) is 16.0 Å². The number of nitrogens with two attached hydrogens (primary N) is 1. The second kappa shape index (κ2) is 19.3. The normalized spacial score (nSPS) is 13.2. The maximum absolute atomic E-state index is 15.2. The molecule has 0 unspecified atom stereocenters. The molecule has 18 heteroatoms. The first-order valence-corrected chi connectivity index (χ1v) is 17.8. The molecule has 5 amide bonds. The van der Waals surface area contributed by atoms with Crippen molar-refractivity contribution in [1.82, 2.24) is 25.0 Å². The number of ether oxygens (including phenoxy) is 1. The SMILES string of the molecule is CCn1cc(C(=O)O)c(=O)c2cc(F)c(N3CCN(C(=O)OCc4ccc(NC(=O)[C@H](CCN)NC(=O)CNC(=O)CCCC(=O)N(C)C)cc4)CC3)cc21. The molecule has 1 fully saturated rings. The number of aryl methyl sites for hydroxylation is 1. The molecule has 6 N–H and O–H groups in total. The minimum atomic E-state index is -1.38. The number of benzene rings is 2. The minimum absolute atomic E-state index is 0.0250. The summed E-state index contributed by atoms with van der Waals surface area (Å²) in [7, 11) is 3.25. The third-order valence-corrected chi connectivity index (χ3v) is 9.03. The molecule has 1 aromatic heterocycles. The van der Waals surface area contributed by atoms with E-state index in [1.54, 1.807) is 54.8 Å². The van der Waals surface area contributed by atoms with Gasteiger partial charge in [0, 0.05) is 76.9 Å². The van der Waals surface area contributed by atoms with Crippen molar-refractivity contribution in [3.8, 4) is 0 Å². The maximum Gasteiger partial charge on any atom is 0.410 e. The second-order valence-electron chi connectivity index (χ2n) is 13.1. The summed E-state index contributed by atoms with van der Waals surface area (Å²) >= 11 is 0. The van der Waals surface area contributed by atoms with Crippen molar-refractivity contribution in [2.75, 3.05) is 63.6 Å². The molecule has 0 spiro atoms. The predicted molar refractivity (Wildman–Crippen MR) is 201 cm³/mol. The monoisotopic (exact) mass is 766 g/mol. The predicted octanol–water partition coefficient (Wildman–Crippen LogP) is 1.46. The zero-order valence-corrected chi connectivity index (χ0v) is 31.1. The highest BCUT2D eigenvalue weighted by Gasteiger charge is 2.26. The van der Waals surface area contributed by atoms with Crippen molar-refractivity contribution < 1.29 is 43.0 Å². The van der Waals surface area contributed by atoms with Gasteiger partial charge in [-0.15, -0.1) is 0 Å². The first-order valence-electron chi connectivity index (χ1n) is 17.8. The van der Waals surface area contributed by atoms with E-state index in [0.29, 0.717) is 29.7 Å². The van der Waals surface area contributed by atoms with Crippen LogP contribution < -0.4 is 32.0 Å². The number of pyridine rings is 1. The van der Waals surface area contributed by atoms with Gasteiger partial charge in [0.1, 0.15) is 24.0 Å². The molecule has 1 aliphatic heterocycles. The number of nitrogens with zero attached hydrogens (tertiary/aromatic N) is 4. The van der Waals surface area contributed by atoms with Crippen LogP contribution in [0.15, 0.2) is 47.4 Å². The minimum Gasteiger partial charge on any atom is -0.477 e. The Kier molecular flexibility index (Phi) is 14.7. The summed E-state index contributed by atoms with van der Waals surface area (Å²) in [5.74, 6) is -3.64. The third-order valence-electron chi connectivity index (χ3n) is 9.03. The van der Waals surface area contributed by atoms with Crippen molar-refractivity contribution in [2.45, 2.75) is 51.8 Å². The van der Waals surface area contributed by atoms with E-state index in [1.807, 2.05) is 0 Å². The Morgan fingerprint density at radius 3 is 2.31 bits per heavy atom. The van der Waals surface area contributed by atoms with Crippen LogP contribution in [0.5, 0.6) is 0 Å². The summed E-state index contributed by atoms with van der Waals surface area (Å²) in [6.07, 6.45) is 1.47. The summed E-state index contributed by atoms with van der Waals surface area (Å²) in [5.41, 5.74) is 6.17. The number of hydrogen-bond donors (Lipinski definition) is 5. The lowest BCUT2D eigenvalue weighted by molar-refractivity contribution is -0.129. The molecule has 0 aliphatic carbocycles. The van der Waals surface area contributed by atoms with E-state index in [4.69, 9.17) is 10.5 Å². The lowest BCUT2D eigenvalue weighted by Crippen LogP contribution is -2.49. The van der Waals surface area contributed by atoms with Crippen LogP contribution in [0.3, 0.4) is 0 Å². The average Bonchev–Trinajstić information content (AvgIpc) is 3.16. The summed E-state index contributed by atoms with van der Waals surface area (Å²) in [5, 5.41) is 17.1. The van der Waals surface area contributed by atoms with Crippen molar-refractivity contribution in [3.63, 3.8) is 0 Å². The topological polar surface area (TPSA) is 226 Å². The van der Waals surface area contributed by atoms with Crippen LogP contribution in [0.1, 0.15) is 48.5 Å². The molecule has 0 saturated carbocycles. The van der Waals surface area contributed by atoms with Gasteiger partial charge in [0.25, 0.3) is 0 Å². The van der Waals surface area contributed by atoms with E-state index in [0.717, 1.165) is 6.07 Å². The van der Waals surface area contributed by atoms with Crippen molar-refractivity contribution in [1.29, 1.82) is 0 Å². The van der Waals surface area contributed by atoms with Crippen LogP contribution in [0.4, 0.5) is 20.6 Å². The third kappa shape index (κ3) is 11.2. The number of aromatic nitrogens is 1. The Labute approximate surface area is 316 Å². The molecule has 0 bridgehead atoms. The van der Waals surface area contributed by atoms with Crippen molar-refractivity contribution in [2.24, 2.45) is 5.73 Å². The van der Waals surface area contributed by atoms with Crippen molar-refractivity contribution >= 4 is 58.0 Å². The first kappa shape index (κ1) is 41.7. The van der Waals surface area contributed by atoms with Gasteiger partial charge < -0.3 is 50.8 Å². The van der Waals surface area contributed by atoms with E-state index in [9.17, 15) is 38.7 Å². The van der Waals surface area contributed by atoms with Crippen LogP contribution >= 0.6 is 0 Å².